The highest BCUT2D eigenvalue weighted by Gasteiger charge is 2.15. The van der Waals surface area contributed by atoms with Crippen LogP contribution in [0.5, 0.6) is 5.75 Å². The lowest BCUT2D eigenvalue weighted by Crippen LogP contribution is -2.20. The fourth-order valence-corrected chi connectivity index (χ4v) is 3.02. The van der Waals surface area contributed by atoms with Gasteiger partial charge in [-0.1, -0.05) is 24.3 Å². The van der Waals surface area contributed by atoms with Crippen LogP contribution in [0.2, 0.25) is 0 Å². The second-order valence-electron chi connectivity index (χ2n) is 5.50. The van der Waals surface area contributed by atoms with Gasteiger partial charge < -0.3 is 15.0 Å². The van der Waals surface area contributed by atoms with Gasteiger partial charge in [0.2, 0.25) is 0 Å². The summed E-state index contributed by atoms with van der Waals surface area (Å²) >= 11 is 0. The standard InChI is InChI=1S/C18H22N2O/c1-20(17-10-3-4-11-18(17)21-2)13-14-7-5-9-16-15(14)8-6-12-19-16/h3-5,7,9-11,19H,6,8,12-13H2,1-2H3. The molecule has 1 aliphatic rings. The molecule has 0 fully saturated rings. The third kappa shape index (κ3) is 2.82. The number of hydrogen-bond acceptors (Lipinski definition) is 3. The van der Waals surface area contributed by atoms with Crippen LogP contribution in [0.3, 0.4) is 0 Å². The van der Waals surface area contributed by atoms with E-state index < -0.39 is 0 Å². The Labute approximate surface area is 126 Å². The lowest BCUT2D eigenvalue weighted by Gasteiger charge is -2.26. The highest BCUT2D eigenvalue weighted by Crippen LogP contribution is 2.30. The minimum Gasteiger partial charge on any atom is -0.495 e. The molecule has 0 unspecified atom stereocenters. The van der Waals surface area contributed by atoms with Gasteiger partial charge >= 0.3 is 0 Å². The second-order valence-corrected chi connectivity index (χ2v) is 5.50. The second kappa shape index (κ2) is 6.08. The van der Waals surface area contributed by atoms with E-state index >= 15 is 0 Å². The number of benzene rings is 2. The number of para-hydroxylation sites is 2. The van der Waals surface area contributed by atoms with Crippen molar-refractivity contribution in [2.45, 2.75) is 19.4 Å². The topological polar surface area (TPSA) is 24.5 Å². The molecular formula is C18H22N2O. The lowest BCUT2D eigenvalue weighted by atomic mass is 9.97. The average Bonchev–Trinajstić information content (AvgIpc) is 2.55. The molecule has 3 heteroatoms. The number of methoxy groups -OCH3 is 1. The summed E-state index contributed by atoms with van der Waals surface area (Å²) in [7, 11) is 3.84. The molecule has 0 amide bonds. The number of fused-ring (bicyclic) bond motifs is 1. The fraction of sp³-hybridized carbons (Fsp3) is 0.333. The van der Waals surface area contributed by atoms with E-state index in [2.05, 4.69) is 47.6 Å². The molecule has 0 radical (unpaired) electrons. The third-order valence-corrected chi connectivity index (χ3v) is 4.10. The maximum Gasteiger partial charge on any atom is 0.142 e. The first-order chi connectivity index (χ1) is 10.3. The molecule has 3 nitrogen and oxygen atoms in total. The Hall–Kier alpha value is -2.16. The fourth-order valence-electron chi connectivity index (χ4n) is 3.02. The van der Waals surface area contributed by atoms with Crippen molar-refractivity contribution >= 4 is 11.4 Å². The number of nitrogens with one attached hydrogen (secondary N) is 1. The van der Waals surface area contributed by atoms with Gasteiger partial charge in [0.15, 0.2) is 0 Å². The van der Waals surface area contributed by atoms with Gasteiger partial charge in [0.1, 0.15) is 5.75 Å². The molecule has 1 aliphatic heterocycles. The minimum absolute atomic E-state index is 0.894. The lowest BCUT2D eigenvalue weighted by molar-refractivity contribution is 0.415. The molecule has 0 aliphatic carbocycles. The summed E-state index contributed by atoms with van der Waals surface area (Å²) in [6.07, 6.45) is 2.38. The first-order valence-electron chi connectivity index (χ1n) is 7.48. The first-order valence-corrected chi connectivity index (χ1v) is 7.48. The molecule has 0 saturated heterocycles. The van der Waals surface area contributed by atoms with Crippen molar-refractivity contribution in [1.82, 2.24) is 0 Å². The molecule has 2 aromatic carbocycles. The van der Waals surface area contributed by atoms with E-state index in [1.54, 1.807) is 7.11 Å². The van der Waals surface area contributed by atoms with Crippen LogP contribution in [0.1, 0.15) is 17.5 Å². The van der Waals surface area contributed by atoms with Gasteiger partial charge in [-0.05, 0) is 42.2 Å². The Bertz CT molecular complexity index is 624. The van der Waals surface area contributed by atoms with Gasteiger partial charge in [-0.3, -0.25) is 0 Å². The van der Waals surface area contributed by atoms with Crippen LogP contribution in [0, 0.1) is 0 Å². The Kier molecular flexibility index (Phi) is 4.00. The molecule has 1 N–H and O–H groups in total. The zero-order valence-corrected chi connectivity index (χ0v) is 12.7. The number of hydrogen-bond donors (Lipinski definition) is 1. The summed E-state index contributed by atoms with van der Waals surface area (Å²) < 4.78 is 5.46. The molecule has 1 heterocycles. The minimum atomic E-state index is 0.894. The van der Waals surface area contributed by atoms with Crippen molar-refractivity contribution in [2.24, 2.45) is 0 Å². The Morgan fingerprint density at radius 3 is 2.86 bits per heavy atom. The molecule has 3 rings (SSSR count). The van der Waals surface area contributed by atoms with Gasteiger partial charge in [0.25, 0.3) is 0 Å². The molecule has 0 bridgehead atoms. The van der Waals surface area contributed by atoms with Gasteiger partial charge in [-0.15, -0.1) is 0 Å². The van der Waals surface area contributed by atoms with Crippen LogP contribution in [-0.4, -0.2) is 20.7 Å². The zero-order valence-electron chi connectivity index (χ0n) is 12.7. The van der Waals surface area contributed by atoms with Crippen LogP contribution >= 0.6 is 0 Å². The van der Waals surface area contributed by atoms with Crippen LogP contribution in [-0.2, 0) is 13.0 Å². The molecule has 110 valence electrons. The SMILES string of the molecule is COc1ccccc1N(C)Cc1cccc2c1CCCN2. The summed E-state index contributed by atoms with van der Waals surface area (Å²) in [5.74, 6) is 0.919. The molecule has 0 aromatic heterocycles. The molecule has 0 spiro atoms. The summed E-state index contributed by atoms with van der Waals surface area (Å²) in [5, 5.41) is 3.50. The van der Waals surface area contributed by atoms with Crippen molar-refractivity contribution in [3.05, 3.63) is 53.6 Å². The number of rotatable bonds is 4. The van der Waals surface area contributed by atoms with E-state index in [-0.39, 0.29) is 0 Å². The predicted octanol–water partition coefficient (Wildman–Crippen LogP) is 3.69. The van der Waals surface area contributed by atoms with Crippen molar-refractivity contribution in [3.63, 3.8) is 0 Å². The largest absolute Gasteiger partial charge is 0.495 e. The molecule has 21 heavy (non-hydrogen) atoms. The zero-order chi connectivity index (χ0) is 14.7. The molecular weight excluding hydrogens is 260 g/mol. The van der Waals surface area contributed by atoms with E-state index in [1.807, 2.05) is 12.1 Å². The van der Waals surface area contributed by atoms with Gasteiger partial charge in [-0.25, -0.2) is 0 Å². The van der Waals surface area contributed by atoms with Crippen LogP contribution < -0.4 is 15.0 Å². The van der Waals surface area contributed by atoms with Gasteiger partial charge in [0.05, 0.1) is 12.8 Å². The van der Waals surface area contributed by atoms with Gasteiger partial charge in [-0.2, -0.15) is 0 Å². The first kappa shape index (κ1) is 13.8. The third-order valence-electron chi connectivity index (χ3n) is 4.10. The molecule has 0 saturated carbocycles. The normalized spacial score (nSPS) is 13.2. The maximum absolute atomic E-state index is 5.46. The predicted molar refractivity (Wildman–Crippen MR) is 88.4 cm³/mol. The maximum atomic E-state index is 5.46. The smallest absolute Gasteiger partial charge is 0.142 e. The monoisotopic (exact) mass is 282 g/mol. The molecule has 0 atom stereocenters. The van der Waals surface area contributed by atoms with Crippen LogP contribution in [0.4, 0.5) is 11.4 Å². The van der Waals surface area contributed by atoms with E-state index in [4.69, 9.17) is 4.74 Å². The van der Waals surface area contributed by atoms with Gasteiger partial charge in [0, 0.05) is 25.8 Å². The van der Waals surface area contributed by atoms with Crippen LogP contribution in [0.25, 0.3) is 0 Å². The Morgan fingerprint density at radius 2 is 2.00 bits per heavy atom. The highest BCUT2D eigenvalue weighted by atomic mass is 16.5. The van der Waals surface area contributed by atoms with E-state index in [0.29, 0.717) is 0 Å². The van der Waals surface area contributed by atoms with Crippen molar-refractivity contribution in [3.8, 4) is 5.75 Å². The van der Waals surface area contributed by atoms with Crippen molar-refractivity contribution < 1.29 is 4.74 Å². The van der Waals surface area contributed by atoms with E-state index in [1.165, 1.54) is 23.2 Å². The number of nitrogens with zero attached hydrogens (tertiary/aromatic N) is 1. The molecule has 2 aromatic rings. The summed E-state index contributed by atoms with van der Waals surface area (Å²) in [6.45, 7) is 1.98. The van der Waals surface area contributed by atoms with E-state index in [0.717, 1.165) is 30.9 Å². The summed E-state index contributed by atoms with van der Waals surface area (Å²) in [4.78, 5) is 2.25. The average molecular weight is 282 g/mol. The van der Waals surface area contributed by atoms with Crippen molar-refractivity contribution in [1.29, 1.82) is 0 Å². The Balaban J connectivity index is 1.86. The van der Waals surface area contributed by atoms with E-state index in [9.17, 15) is 0 Å². The Morgan fingerprint density at radius 1 is 1.14 bits per heavy atom. The number of ether oxygens (including phenoxy) is 1. The van der Waals surface area contributed by atoms with Crippen LogP contribution in [0.15, 0.2) is 42.5 Å². The summed E-state index contributed by atoms with van der Waals surface area (Å²) in [5.41, 5.74) is 5.28. The highest BCUT2D eigenvalue weighted by molar-refractivity contribution is 5.60. The number of anilines is 2. The summed E-state index contributed by atoms with van der Waals surface area (Å²) in [6, 6.07) is 14.7. The van der Waals surface area contributed by atoms with Crippen molar-refractivity contribution in [2.75, 3.05) is 30.9 Å². The quantitative estimate of drug-likeness (QED) is 0.925.